The van der Waals surface area contributed by atoms with Crippen molar-refractivity contribution in [2.45, 2.75) is 11.4 Å². The number of hydrogen-bond acceptors (Lipinski definition) is 4. The molecule has 2 aromatic heterocycles. The van der Waals surface area contributed by atoms with E-state index in [2.05, 4.69) is 4.98 Å². The van der Waals surface area contributed by atoms with Crippen molar-refractivity contribution < 1.29 is 8.42 Å². The van der Waals surface area contributed by atoms with Gasteiger partial charge in [-0.05, 0) is 28.5 Å². The minimum Gasteiger partial charge on any atom is -0.263 e. The Balaban J connectivity index is 2.29. The Bertz CT molecular complexity index is 626. The number of pyridine rings is 1. The SMILES string of the molecule is CN(Cc1ccsc1)S(=O)(=O)c1cnccc1Cl. The topological polar surface area (TPSA) is 50.3 Å². The molecule has 0 fully saturated rings. The molecule has 0 unspecified atom stereocenters. The Kier molecular flexibility index (Phi) is 4.01. The quantitative estimate of drug-likeness (QED) is 0.872. The molecule has 7 heteroatoms. The Hall–Kier alpha value is -0.950. The molecule has 2 aromatic rings. The zero-order chi connectivity index (χ0) is 13.2. The zero-order valence-corrected chi connectivity index (χ0v) is 12.0. The second kappa shape index (κ2) is 5.36. The second-order valence-corrected chi connectivity index (χ2v) is 6.90. The minimum atomic E-state index is -3.60. The van der Waals surface area contributed by atoms with E-state index >= 15 is 0 Å². The molecule has 2 rings (SSSR count). The van der Waals surface area contributed by atoms with Gasteiger partial charge in [-0.25, -0.2) is 8.42 Å². The van der Waals surface area contributed by atoms with E-state index in [4.69, 9.17) is 11.6 Å². The van der Waals surface area contributed by atoms with Crippen LogP contribution >= 0.6 is 22.9 Å². The smallest absolute Gasteiger partial charge is 0.246 e. The summed E-state index contributed by atoms with van der Waals surface area (Å²) < 4.78 is 25.8. The zero-order valence-electron chi connectivity index (χ0n) is 9.58. The van der Waals surface area contributed by atoms with Gasteiger partial charge in [0.25, 0.3) is 0 Å². The van der Waals surface area contributed by atoms with E-state index in [0.29, 0.717) is 6.54 Å². The van der Waals surface area contributed by atoms with E-state index in [1.165, 1.54) is 41.1 Å². The van der Waals surface area contributed by atoms with Crippen LogP contribution in [-0.2, 0) is 16.6 Å². The Morgan fingerprint density at radius 2 is 2.22 bits per heavy atom. The Labute approximate surface area is 115 Å². The molecule has 0 aliphatic rings. The van der Waals surface area contributed by atoms with Crippen molar-refractivity contribution in [3.63, 3.8) is 0 Å². The van der Waals surface area contributed by atoms with Crippen LogP contribution in [0.3, 0.4) is 0 Å². The van der Waals surface area contributed by atoms with Crippen LogP contribution in [0.2, 0.25) is 5.02 Å². The normalized spacial score (nSPS) is 11.9. The summed E-state index contributed by atoms with van der Waals surface area (Å²) in [6, 6.07) is 3.36. The third-order valence-electron chi connectivity index (χ3n) is 2.41. The summed E-state index contributed by atoms with van der Waals surface area (Å²) >= 11 is 7.42. The van der Waals surface area contributed by atoms with Crippen LogP contribution in [0.15, 0.2) is 40.2 Å². The van der Waals surface area contributed by atoms with Crippen LogP contribution < -0.4 is 0 Å². The summed E-state index contributed by atoms with van der Waals surface area (Å²) in [6.07, 6.45) is 2.72. The first-order valence-corrected chi connectivity index (χ1v) is 7.85. The lowest BCUT2D eigenvalue weighted by Gasteiger charge is -2.16. The van der Waals surface area contributed by atoms with Crippen molar-refractivity contribution in [1.82, 2.24) is 9.29 Å². The lowest BCUT2D eigenvalue weighted by atomic mass is 10.3. The third-order valence-corrected chi connectivity index (χ3v) is 5.41. The van der Waals surface area contributed by atoms with Crippen LogP contribution in [-0.4, -0.2) is 24.8 Å². The molecule has 0 saturated heterocycles. The van der Waals surface area contributed by atoms with Gasteiger partial charge in [0, 0.05) is 26.0 Å². The molecule has 0 aliphatic heterocycles. The van der Waals surface area contributed by atoms with Gasteiger partial charge in [-0.2, -0.15) is 15.6 Å². The van der Waals surface area contributed by atoms with E-state index < -0.39 is 10.0 Å². The number of halogens is 1. The van der Waals surface area contributed by atoms with Crippen LogP contribution in [0.1, 0.15) is 5.56 Å². The lowest BCUT2D eigenvalue weighted by Crippen LogP contribution is -2.26. The van der Waals surface area contributed by atoms with Crippen molar-refractivity contribution >= 4 is 33.0 Å². The van der Waals surface area contributed by atoms with Gasteiger partial charge in [-0.1, -0.05) is 11.6 Å². The molecule has 0 spiro atoms. The Morgan fingerprint density at radius 1 is 1.44 bits per heavy atom. The molecule has 0 atom stereocenters. The molecule has 96 valence electrons. The molecule has 0 N–H and O–H groups in total. The molecule has 0 bridgehead atoms. The van der Waals surface area contributed by atoms with Crippen molar-refractivity contribution in [2.75, 3.05) is 7.05 Å². The highest BCUT2D eigenvalue weighted by Crippen LogP contribution is 2.23. The maximum absolute atomic E-state index is 12.3. The first kappa shape index (κ1) is 13.5. The predicted molar refractivity (Wildman–Crippen MR) is 72.2 cm³/mol. The monoisotopic (exact) mass is 302 g/mol. The van der Waals surface area contributed by atoms with Crippen LogP contribution in [0.4, 0.5) is 0 Å². The Morgan fingerprint density at radius 3 is 2.83 bits per heavy atom. The fourth-order valence-corrected chi connectivity index (χ4v) is 3.67. The van der Waals surface area contributed by atoms with Crippen LogP contribution in [0.5, 0.6) is 0 Å². The summed E-state index contributed by atoms with van der Waals surface area (Å²) in [6.45, 7) is 0.317. The molecule has 0 saturated carbocycles. The number of aromatic nitrogens is 1. The van der Waals surface area contributed by atoms with Crippen molar-refractivity contribution in [1.29, 1.82) is 0 Å². The predicted octanol–water partition coefficient (Wildman–Crippen LogP) is 2.62. The van der Waals surface area contributed by atoms with Gasteiger partial charge < -0.3 is 0 Å². The summed E-state index contributed by atoms with van der Waals surface area (Å²) in [5.74, 6) is 0. The standard InChI is InChI=1S/C11H11ClN2O2S2/c1-14(7-9-3-5-17-8-9)18(15,16)11-6-13-4-2-10(11)12/h2-6,8H,7H2,1H3. The molecule has 18 heavy (non-hydrogen) atoms. The van der Waals surface area contributed by atoms with E-state index in [9.17, 15) is 8.42 Å². The average Bonchev–Trinajstić information content (AvgIpc) is 2.82. The van der Waals surface area contributed by atoms with Crippen LogP contribution in [0.25, 0.3) is 0 Å². The second-order valence-electron chi connectivity index (χ2n) is 3.70. The first-order valence-electron chi connectivity index (χ1n) is 5.09. The fraction of sp³-hybridized carbons (Fsp3) is 0.182. The molecule has 4 nitrogen and oxygen atoms in total. The summed E-state index contributed by atoms with van der Waals surface area (Å²) in [4.78, 5) is 3.83. The van der Waals surface area contributed by atoms with Crippen molar-refractivity contribution in [2.24, 2.45) is 0 Å². The van der Waals surface area contributed by atoms with Gasteiger partial charge in [0.1, 0.15) is 4.90 Å². The number of hydrogen-bond donors (Lipinski definition) is 0. The van der Waals surface area contributed by atoms with Gasteiger partial charge in [0.15, 0.2) is 0 Å². The highest BCUT2D eigenvalue weighted by molar-refractivity contribution is 7.89. The molecule has 0 aromatic carbocycles. The third kappa shape index (κ3) is 2.72. The van der Waals surface area contributed by atoms with E-state index in [1.807, 2.05) is 16.8 Å². The summed E-state index contributed by atoms with van der Waals surface area (Å²) in [7, 11) is -2.08. The number of sulfonamides is 1. The molecule has 2 heterocycles. The first-order chi connectivity index (χ1) is 8.51. The molecule has 0 amide bonds. The highest BCUT2D eigenvalue weighted by Gasteiger charge is 2.23. The van der Waals surface area contributed by atoms with Crippen molar-refractivity contribution in [3.8, 4) is 0 Å². The average molecular weight is 303 g/mol. The maximum atomic E-state index is 12.3. The van der Waals surface area contributed by atoms with Crippen LogP contribution in [0, 0.1) is 0 Å². The van der Waals surface area contributed by atoms with Gasteiger partial charge in [0.2, 0.25) is 10.0 Å². The number of rotatable bonds is 4. The van der Waals surface area contributed by atoms with Gasteiger partial charge in [-0.15, -0.1) is 0 Å². The molecule has 0 aliphatic carbocycles. The summed E-state index contributed by atoms with van der Waals surface area (Å²) in [5.41, 5.74) is 0.950. The summed E-state index contributed by atoms with van der Waals surface area (Å²) in [5, 5.41) is 4.01. The fourth-order valence-electron chi connectivity index (χ4n) is 1.45. The van der Waals surface area contributed by atoms with Gasteiger partial charge in [0.05, 0.1) is 5.02 Å². The lowest BCUT2D eigenvalue weighted by molar-refractivity contribution is 0.467. The van der Waals surface area contributed by atoms with E-state index in [1.54, 1.807) is 0 Å². The highest BCUT2D eigenvalue weighted by atomic mass is 35.5. The molecular weight excluding hydrogens is 292 g/mol. The van der Waals surface area contributed by atoms with Crippen molar-refractivity contribution in [3.05, 3.63) is 45.9 Å². The number of thiophene rings is 1. The minimum absolute atomic E-state index is 0.0318. The number of nitrogens with zero attached hydrogens (tertiary/aromatic N) is 2. The molecular formula is C11H11ClN2O2S2. The maximum Gasteiger partial charge on any atom is 0.246 e. The van der Waals surface area contributed by atoms with Gasteiger partial charge in [-0.3, -0.25) is 4.98 Å². The van der Waals surface area contributed by atoms with E-state index in [0.717, 1.165) is 5.56 Å². The van der Waals surface area contributed by atoms with Gasteiger partial charge >= 0.3 is 0 Å². The van der Waals surface area contributed by atoms with E-state index in [-0.39, 0.29) is 9.92 Å². The largest absolute Gasteiger partial charge is 0.263 e. The molecule has 0 radical (unpaired) electrons.